The second-order valence-corrected chi connectivity index (χ2v) is 6.10. The largest absolute Gasteiger partial charge is 0.494 e. The van der Waals surface area contributed by atoms with Gasteiger partial charge in [0.05, 0.1) is 6.61 Å². The second kappa shape index (κ2) is 8.35. The fourth-order valence-electron chi connectivity index (χ4n) is 2.34. The van der Waals surface area contributed by atoms with E-state index in [-0.39, 0.29) is 11.8 Å². The molecule has 146 valence electrons. The van der Waals surface area contributed by atoms with Crippen molar-refractivity contribution in [2.24, 2.45) is 0 Å². The molecule has 9 heteroatoms. The van der Waals surface area contributed by atoms with Crippen molar-refractivity contribution in [3.8, 4) is 5.75 Å². The molecule has 0 fully saturated rings. The normalized spacial score (nSPS) is 11.2. The molecule has 28 heavy (non-hydrogen) atoms. The topological polar surface area (TPSA) is 59.1 Å². The lowest BCUT2D eigenvalue weighted by Crippen LogP contribution is -2.12. The van der Waals surface area contributed by atoms with Crippen LogP contribution in [-0.4, -0.2) is 16.6 Å². The molecule has 0 bridgehead atoms. The Hall–Kier alpha value is -3.00. The van der Waals surface area contributed by atoms with E-state index >= 15 is 0 Å². The monoisotopic (exact) mass is 408 g/mol. The molecule has 0 unspecified atom stereocenters. The van der Waals surface area contributed by atoms with Gasteiger partial charge in [0, 0.05) is 22.6 Å². The van der Waals surface area contributed by atoms with Crippen molar-refractivity contribution in [2.45, 2.75) is 13.1 Å². The zero-order valence-electron chi connectivity index (χ0n) is 14.7. The lowest BCUT2D eigenvalue weighted by Gasteiger charge is -2.15. The minimum Gasteiger partial charge on any atom is -0.494 e. The van der Waals surface area contributed by atoms with Crippen LogP contribution >= 0.6 is 11.6 Å². The SMILES string of the molecule is CCOc1ccc(Nc2ncc(C(F)(F)F)c(Nc3ccc(Cl)cc3)n2)cc1. The molecule has 0 aliphatic rings. The van der Waals surface area contributed by atoms with E-state index in [4.69, 9.17) is 16.3 Å². The van der Waals surface area contributed by atoms with Crippen LogP contribution in [0.25, 0.3) is 0 Å². The van der Waals surface area contributed by atoms with Crippen molar-refractivity contribution in [1.82, 2.24) is 9.97 Å². The van der Waals surface area contributed by atoms with Gasteiger partial charge in [-0.3, -0.25) is 0 Å². The highest BCUT2D eigenvalue weighted by Crippen LogP contribution is 2.35. The minimum atomic E-state index is -4.60. The van der Waals surface area contributed by atoms with Crippen molar-refractivity contribution in [3.05, 3.63) is 65.3 Å². The number of benzene rings is 2. The molecule has 0 atom stereocenters. The molecule has 2 aromatic carbocycles. The number of aromatic nitrogens is 2. The van der Waals surface area contributed by atoms with E-state index in [9.17, 15) is 13.2 Å². The summed E-state index contributed by atoms with van der Waals surface area (Å²) >= 11 is 5.81. The lowest BCUT2D eigenvalue weighted by atomic mass is 10.2. The molecular formula is C19H16ClF3N4O. The minimum absolute atomic E-state index is 0.0219. The van der Waals surface area contributed by atoms with Crippen molar-refractivity contribution in [1.29, 1.82) is 0 Å². The van der Waals surface area contributed by atoms with Crippen LogP contribution in [0, 0.1) is 0 Å². The highest BCUT2D eigenvalue weighted by atomic mass is 35.5. The Morgan fingerprint density at radius 3 is 2.18 bits per heavy atom. The first-order valence-corrected chi connectivity index (χ1v) is 8.69. The van der Waals surface area contributed by atoms with Gasteiger partial charge in [-0.15, -0.1) is 0 Å². The summed E-state index contributed by atoms with van der Waals surface area (Å²) in [6.45, 7) is 2.41. The predicted octanol–water partition coefficient (Wildman–Crippen LogP) is 6.03. The van der Waals surface area contributed by atoms with Crippen LogP contribution in [0.4, 0.5) is 36.3 Å². The molecule has 3 rings (SSSR count). The van der Waals surface area contributed by atoms with Crippen molar-refractivity contribution in [2.75, 3.05) is 17.2 Å². The van der Waals surface area contributed by atoms with Gasteiger partial charge in [-0.2, -0.15) is 18.2 Å². The summed E-state index contributed by atoms with van der Waals surface area (Å²) < 4.78 is 45.3. The zero-order valence-corrected chi connectivity index (χ0v) is 15.5. The predicted molar refractivity (Wildman–Crippen MR) is 103 cm³/mol. The maximum Gasteiger partial charge on any atom is 0.421 e. The third-order valence-corrected chi connectivity index (χ3v) is 3.87. The van der Waals surface area contributed by atoms with Crippen LogP contribution in [0.3, 0.4) is 0 Å². The molecule has 0 amide bonds. The van der Waals surface area contributed by atoms with Gasteiger partial charge in [-0.25, -0.2) is 4.98 Å². The van der Waals surface area contributed by atoms with Gasteiger partial charge in [0.25, 0.3) is 0 Å². The summed E-state index contributed by atoms with van der Waals surface area (Å²) in [4.78, 5) is 7.77. The molecule has 3 aromatic rings. The third kappa shape index (κ3) is 5.04. The zero-order chi connectivity index (χ0) is 20.1. The van der Waals surface area contributed by atoms with E-state index in [1.165, 1.54) is 0 Å². The first kappa shape index (κ1) is 19.8. The van der Waals surface area contributed by atoms with Gasteiger partial charge in [0.1, 0.15) is 17.1 Å². The molecule has 0 saturated carbocycles. The van der Waals surface area contributed by atoms with Gasteiger partial charge in [0.2, 0.25) is 5.95 Å². The Morgan fingerprint density at radius 2 is 1.57 bits per heavy atom. The number of ether oxygens (including phenoxy) is 1. The molecular weight excluding hydrogens is 393 g/mol. The molecule has 1 heterocycles. The Bertz CT molecular complexity index is 931. The summed E-state index contributed by atoms with van der Waals surface area (Å²) in [7, 11) is 0. The molecule has 0 aliphatic carbocycles. The van der Waals surface area contributed by atoms with Crippen LogP contribution in [0.2, 0.25) is 5.02 Å². The molecule has 0 aliphatic heterocycles. The molecule has 5 nitrogen and oxygen atoms in total. The van der Waals surface area contributed by atoms with Crippen LogP contribution in [-0.2, 0) is 6.18 Å². The number of rotatable bonds is 6. The van der Waals surface area contributed by atoms with E-state index in [1.807, 2.05) is 6.92 Å². The lowest BCUT2D eigenvalue weighted by molar-refractivity contribution is -0.137. The number of halogens is 4. The van der Waals surface area contributed by atoms with Gasteiger partial charge >= 0.3 is 6.18 Å². The third-order valence-electron chi connectivity index (χ3n) is 3.62. The van der Waals surface area contributed by atoms with E-state index in [0.29, 0.717) is 28.8 Å². The van der Waals surface area contributed by atoms with E-state index < -0.39 is 11.7 Å². The van der Waals surface area contributed by atoms with E-state index in [2.05, 4.69) is 20.6 Å². The first-order chi connectivity index (χ1) is 13.3. The summed E-state index contributed by atoms with van der Waals surface area (Å²) in [5, 5.41) is 6.02. The van der Waals surface area contributed by atoms with Crippen LogP contribution in [0.5, 0.6) is 5.75 Å². The average Bonchev–Trinajstić information content (AvgIpc) is 2.65. The van der Waals surface area contributed by atoms with Gasteiger partial charge in [-0.05, 0) is 55.5 Å². The fourth-order valence-corrected chi connectivity index (χ4v) is 2.47. The van der Waals surface area contributed by atoms with Crippen molar-refractivity contribution >= 4 is 34.7 Å². The fraction of sp³-hybridized carbons (Fsp3) is 0.158. The standard InChI is InChI=1S/C19H16ClF3N4O/c1-2-28-15-9-7-14(8-10-15)26-18-24-11-16(19(21,22)23)17(27-18)25-13-5-3-12(20)4-6-13/h3-11H,2H2,1H3,(H2,24,25,26,27). The quantitative estimate of drug-likeness (QED) is 0.521. The van der Waals surface area contributed by atoms with Crippen molar-refractivity contribution < 1.29 is 17.9 Å². The van der Waals surface area contributed by atoms with Crippen LogP contribution in [0.15, 0.2) is 54.7 Å². The van der Waals surface area contributed by atoms with E-state index in [0.717, 1.165) is 6.20 Å². The van der Waals surface area contributed by atoms with Crippen LogP contribution < -0.4 is 15.4 Å². The summed E-state index contributed by atoms with van der Waals surface area (Å²) in [5.74, 6) is 0.346. The molecule has 0 spiro atoms. The first-order valence-electron chi connectivity index (χ1n) is 8.32. The number of anilines is 4. The highest BCUT2D eigenvalue weighted by molar-refractivity contribution is 6.30. The van der Waals surface area contributed by atoms with Gasteiger partial charge < -0.3 is 15.4 Å². The maximum atomic E-state index is 13.3. The summed E-state index contributed by atoms with van der Waals surface area (Å²) in [6.07, 6.45) is -3.87. The number of hydrogen-bond donors (Lipinski definition) is 2. The Morgan fingerprint density at radius 1 is 0.964 bits per heavy atom. The van der Waals surface area contributed by atoms with Crippen LogP contribution in [0.1, 0.15) is 12.5 Å². The number of nitrogens with zero attached hydrogens (tertiary/aromatic N) is 2. The Balaban J connectivity index is 1.87. The highest BCUT2D eigenvalue weighted by Gasteiger charge is 2.35. The maximum absolute atomic E-state index is 13.3. The van der Waals surface area contributed by atoms with Gasteiger partial charge in [-0.1, -0.05) is 11.6 Å². The average molecular weight is 409 g/mol. The smallest absolute Gasteiger partial charge is 0.421 e. The Kier molecular flexibility index (Phi) is 5.89. The number of nitrogens with one attached hydrogen (secondary N) is 2. The molecule has 0 radical (unpaired) electrons. The number of alkyl halides is 3. The second-order valence-electron chi connectivity index (χ2n) is 5.67. The van der Waals surface area contributed by atoms with Gasteiger partial charge in [0.15, 0.2) is 0 Å². The van der Waals surface area contributed by atoms with Crippen molar-refractivity contribution in [3.63, 3.8) is 0 Å². The molecule has 2 N–H and O–H groups in total. The summed E-state index contributed by atoms with van der Waals surface area (Å²) in [6, 6.07) is 13.2. The number of hydrogen-bond acceptors (Lipinski definition) is 5. The Labute approximate surface area is 164 Å². The molecule has 0 saturated heterocycles. The summed E-state index contributed by atoms with van der Waals surface area (Å²) in [5.41, 5.74) is 0.0564. The molecule has 1 aromatic heterocycles. The van der Waals surface area contributed by atoms with E-state index in [1.54, 1.807) is 48.5 Å².